The second kappa shape index (κ2) is 8.55. The molecule has 1 amide bonds. The molecule has 162 valence electrons. The molecule has 3 aliphatic rings. The van der Waals surface area contributed by atoms with E-state index in [-0.39, 0.29) is 5.91 Å². The van der Waals surface area contributed by atoms with Crippen LogP contribution >= 0.6 is 0 Å². The summed E-state index contributed by atoms with van der Waals surface area (Å²) in [6, 6.07) is 2.03. The van der Waals surface area contributed by atoms with Gasteiger partial charge in [-0.25, -0.2) is 4.52 Å². The van der Waals surface area contributed by atoms with Crippen LogP contribution in [0, 0.1) is 6.92 Å². The number of carbonyl (C=O) groups is 1. The van der Waals surface area contributed by atoms with Crippen LogP contribution in [0.3, 0.4) is 0 Å². The minimum atomic E-state index is -0.0767. The fourth-order valence-corrected chi connectivity index (χ4v) is 4.32. The fourth-order valence-electron chi connectivity index (χ4n) is 4.32. The summed E-state index contributed by atoms with van der Waals surface area (Å²) in [5.41, 5.74) is 7.77. The smallest absolute Gasteiger partial charge is 0.255 e. The van der Waals surface area contributed by atoms with E-state index < -0.39 is 0 Å². The number of aromatic nitrogens is 3. The molecular weight excluding hydrogens is 398 g/mol. The molecule has 0 aliphatic carbocycles. The molecule has 0 spiro atoms. The lowest BCUT2D eigenvalue weighted by molar-refractivity contribution is -0.122. The van der Waals surface area contributed by atoms with Crippen molar-refractivity contribution in [3.05, 3.63) is 94.9 Å². The molecule has 0 bridgehead atoms. The van der Waals surface area contributed by atoms with Gasteiger partial charge in [-0.1, -0.05) is 37.6 Å². The molecule has 6 nitrogen and oxygen atoms in total. The number of aryl methyl sites for hydroxylation is 2. The van der Waals surface area contributed by atoms with E-state index in [1.165, 1.54) is 5.57 Å². The maximum atomic E-state index is 13.3. The Balaban J connectivity index is 1.52. The van der Waals surface area contributed by atoms with Crippen LogP contribution in [0.2, 0.25) is 0 Å². The van der Waals surface area contributed by atoms with E-state index in [0.29, 0.717) is 0 Å². The van der Waals surface area contributed by atoms with Gasteiger partial charge in [-0.05, 0) is 55.7 Å². The molecule has 32 heavy (non-hydrogen) atoms. The van der Waals surface area contributed by atoms with Gasteiger partial charge in [0.15, 0.2) is 0 Å². The van der Waals surface area contributed by atoms with Crippen molar-refractivity contribution in [2.24, 2.45) is 0 Å². The first-order valence-corrected chi connectivity index (χ1v) is 11.2. The Bertz CT molecular complexity index is 1270. The van der Waals surface area contributed by atoms with E-state index in [1.54, 1.807) is 11.0 Å². The molecule has 0 unspecified atom stereocenters. The van der Waals surface area contributed by atoms with Gasteiger partial charge in [0.25, 0.3) is 5.91 Å². The van der Waals surface area contributed by atoms with Gasteiger partial charge in [-0.2, -0.15) is 5.10 Å². The topological polar surface area (TPSA) is 62.5 Å². The molecule has 0 saturated heterocycles. The summed E-state index contributed by atoms with van der Waals surface area (Å²) in [5, 5.41) is 8.10. The number of nitrogens with one attached hydrogen (secondary N) is 1. The summed E-state index contributed by atoms with van der Waals surface area (Å²) in [6.07, 6.45) is 20.6. The highest BCUT2D eigenvalue weighted by Gasteiger charge is 2.21. The van der Waals surface area contributed by atoms with Crippen molar-refractivity contribution in [1.29, 1.82) is 0 Å². The van der Waals surface area contributed by atoms with Crippen LogP contribution in [0.15, 0.2) is 77.8 Å². The number of carbonyl (C=O) groups excluding carboxylic acids is 1. The zero-order chi connectivity index (χ0) is 22.1. The molecule has 0 saturated carbocycles. The van der Waals surface area contributed by atoms with Crippen molar-refractivity contribution >= 4 is 17.0 Å². The molecule has 2 aromatic rings. The third-order valence-electron chi connectivity index (χ3n) is 5.91. The van der Waals surface area contributed by atoms with E-state index in [1.807, 2.05) is 54.2 Å². The summed E-state index contributed by atoms with van der Waals surface area (Å²) >= 11 is 0. The van der Waals surface area contributed by atoms with E-state index in [0.717, 1.165) is 71.8 Å². The third-order valence-corrected chi connectivity index (χ3v) is 5.91. The van der Waals surface area contributed by atoms with Crippen LogP contribution < -0.4 is 5.32 Å². The standard InChI is InChI=1S/C26H27N5O/c1-3-5-23-25-15-24(29-31(25)16-18(2)28-23)20-6-4-7-22-9-8-21(17-30(22)26(32)14-20)19-10-12-27-13-11-19/h4,6-10,14-17,27H,3,5,11-13H2,1-2H3/b6-4+,20-14+,22-7+. The number of nitrogens with zero attached hydrogens (tertiary/aromatic N) is 4. The average Bonchev–Trinajstić information content (AvgIpc) is 3.22. The first-order chi connectivity index (χ1) is 15.6. The van der Waals surface area contributed by atoms with Crippen molar-refractivity contribution in [2.45, 2.75) is 33.1 Å². The Morgan fingerprint density at radius 2 is 2.09 bits per heavy atom. The highest BCUT2D eigenvalue weighted by molar-refractivity contribution is 5.99. The van der Waals surface area contributed by atoms with Crippen molar-refractivity contribution in [1.82, 2.24) is 24.8 Å². The zero-order valence-corrected chi connectivity index (χ0v) is 18.5. The van der Waals surface area contributed by atoms with Crippen molar-refractivity contribution in [2.75, 3.05) is 13.1 Å². The van der Waals surface area contributed by atoms with Gasteiger partial charge in [-0.15, -0.1) is 0 Å². The van der Waals surface area contributed by atoms with Gasteiger partial charge in [0.05, 0.1) is 28.8 Å². The highest BCUT2D eigenvalue weighted by Crippen LogP contribution is 2.28. The lowest BCUT2D eigenvalue weighted by Crippen LogP contribution is -2.27. The van der Waals surface area contributed by atoms with Gasteiger partial charge in [-0.3, -0.25) is 14.7 Å². The predicted octanol–water partition coefficient (Wildman–Crippen LogP) is 4.03. The number of fused-ring (bicyclic) bond motifs is 2. The Hall–Kier alpha value is -3.51. The number of hydrogen-bond acceptors (Lipinski definition) is 4. The summed E-state index contributed by atoms with van der Waals surface area (Å²) < 4.78 is 1.88. The average molecular weight is 426 g/mol. The van der Waals surface area contributed by atoms with Crippen molar-refractivity contribution < 1.29 is 4.79 Å². The summed E-state index contributed by atoms with van der Waals surface area (Å²) in [4.78, 5) is 19.7. The van der Waals surface area contributed by atoms with Crippen LogP contribution in [0.1, 0.15) is 36.8 Å². The third kappa shape index (κ3) is 3.89. The number of allylic oxidation sites excluding steroid dienone is 7. The Morgan fingerprint density at radius 1 is 1.19 bits per heavy atom. The van der Waals surface area contributed by atoms with Gasteiger partial charge in [0.1, 0.15) is 0 Å². The monoisotopic (exact) mass is 425 g/mol. The molecule has 5 rings (SSSR count). The largest absolute Gasteiger partial charge is 0.313 e. The lowest BCUT2D eigenvalue weighted by Gasteiger charge is -2.26. The number of rotatable bonds is 4. The molecule has 2 aromatic heterocycles. The first kappa shape index (κ1) is 20.4. The van der Waals surface area contributed by atoms with Crippen LogP contribution in [0.25, 0.3) is 11.1 Å². The minimum Gasteiger partial charge on any atom is -0.313 e. The maximum absolute atomic E-state index is 13.3. The molecule has 1 N–H and O–H groups in total. The second-order valence-corrected chi connectivity index (χ2v) is 8.30. The van der Waals surface area contributed by atoms with Crippen molar-refractivity contribution in [3.63, 3.8) is 0 Å². The second-order valence-electron chi connectivity index (χ2n) is 8.30. The van der Waals surface area contributed by atoms with Gasteiger partial charge in [0.2, 0.25) is 0 Å². The molecule has 6 heteroatoms. The molecule has 0 atom stereocenters. The molecule has 0 fully saturated rings. The van der Waals surface area contributed by atoms with E-state index >= 15 is 0 Å². The van der Waals surface area contributed by atoms with Crippen LogP contribution in [-0.4, -0.2) is 38.5 Å². The molecule has 0 aromatic carbocycles. The quantitative estimate of drug-likeness (QED) is 0.803. The zero-order valence-electron chi connectivity index (χ0n) is 18.5. The SMILES string of the molecule is CCCc1nc(C)cn2nc(C3=C\C(=O)N4C=C(C5=CCNCC5)C=C\C4=C/C=C/3)cc12. The van der Waals surface area contributed by atoms with Gasteiger partial charge in [0, 0.05) is 30.1 Å². The van der Waals surface area contributed by atoms with E-state index in [9.17, 15) is 4.79 Å². The Labute approximate surface area is 188 Å². The van der Waals surface area contributed by atoms with E-state index in [4.69, 9.17) is 10.1 Å². The molecule has 3 aliphatic heterocycles. The van der Waals surface area contributed by atoms with Crippen molar-refractivity contribution in [3.8, 4) is 0 Å². The Kier molecular flexibility index (Phi) is 5.45. The summed E-state index contributed by atoms with van der Waals surface area (Å²) in [6.45, 7) is 5.96. The minimum absolute atomic E-state index is 0.0767. The summed E-state index contributed by atoms with van der Waals surface area (Å²) in [7, 11) is 0. The van der Waals surface area contributed by atoms with Crippen LogP contribution in [-0.2, 0) is 11.2 Å². The predicted molar refractivity (Wildman–Crippen MR) is 127 cm³/mol. The van der Waals surface area contributed by atoms with Crippen LogP contribution in [0.5, 0.6) is 0 Å². The molecular formula is C26H27N5O. The summed E-state index contributed by atoms with van der Waals surface area (Å²) in [5.74, 6) is -0.0767. The Morgan fingerprint density at radius 3 is 2.91 bits per heavy atom. The normalized spacial score (nSPS) is 22.8. The molecule has 5 heterocycles. The van der Waals surface area contributed by atoms with E-state index in [2.05, 4.69) is 24.4 Å². The number of amides is 1. The van der Waals surface area contributed by atoms with Gasteiger partial charge >= 0.3 is 0 Å². The molecule has 0 radical (unpaired) electrons. The fraction of sp³-hybridized carbons (Fsp3) is 0.269. The van der Waals surface area contributed by atoms with Crippen LogP contribution in [0.4, 0.5) is 0 Å². The first-order valence-electron chi connectivity index (χ1n) is 11.2. The maximum Gasteiger partial charge on any atom is 0.255 e. The highest BCUT2D eigenvalue weighted by atomic mass is 16.2. The van der Waals surface area contributed by atoms with Gasteiger partial charge < -0.3 is 5.32 Å². The number of hydrogen-bond donors (Lipinski definition) is 1. The lowest BCUT2D eigenvalue weighted by atomic mass is 9.97.